The van der Waals surface area contributed by atoms with E-state index in [-0.39, 0.29) is 19.1 Å². The molecule has 3 saturated heterocycles. The van der Waals surface area contributed by atoms with Crippen LogP contribution in [0.3, 0.4) is 0 Å². The minimum absolute atomic E-state index is 0.0234. The van der Waals surface area contributed by atoms with Gasteiger partial charge in [-0.1, -0.05) is 19.9 Å². The lowest BCUT2D eigenvalue weighted by Crippen LogP contribution is -2.59. The van der Waals surface area contributed by atoms with Crippen LogP contribution in [0.1, 0.15) is 54.4 Å². The molecule has 49 heavy (non-hydrogen) atoms. The van der Waals surface area contributed by atoms with Crippen LogP contribution in [0.4, 0.5) is 0 Å². The van der Waals surface area contributed by atoms with E-state index in [9.17, 15) is 24.9 Å². The molecule has 0 aromatic carbocycles. The average Bonchev–Trinajstić information content (AvgIpc) is 3.82. The largest absolute Gasteiger partial charge is 0.459 e. The van der Waals surface area contributed by atoms with Crippen molar-refractivity contribution in [3.8, 4) is 0 Å². The van der Waals surface area contributed by atoms with Crippen molar-refractivity contribution < 1.29 is 67.5 Å². The first kappa shape index (κ1) is 40.0. The zero-order chi connectivity index (χ0) is 36.2. The first-order valence-electron chi connectivity index (χ1n) is 17.1. The van der Waals surface area contributed by atoms with Crippen LogP contribution in [-0.2, 0) is 52.2 Å². The number of fused-ring (bicyclic) bond motifs is 1. The fourth-order valence-corrected chi connectivity index (χ4v) is 7.12. The van der Waals surface area contributed by atoms with Gasteiger partial charge in [0.2, 0.25) is 0 Å². The highest BCUT2D eigenvalue weighted by Gasteiger charge is 2.50. The Morgan fingerprint density at radius 2 is 1.53 bits per heavy atom. The number of ketones is 1. The predicted octanol–water partition coefficient (Wildman–Crippen LogP) is 1.46. The Hall–Kier alpha value is -1.82. The number of aliphatic hydroxyl groups is 3. The Morgan fingerprint density at radius 3 is 2.18 bits per heavy atom. The SMILES string of the molecule is CO[C@@H]1[C@H](O)[C@@H](C)O[C@@H](OCC2C(C)OC(=O)/C=C/C(C)C(O[C@@H]3O[C@H](C)C[C@H](OC)[C@H]3O)C(C)CC(C)(O)C(=O)/C=C/C3OC32)[C@@H]1OC. The normalized spacial score (nSPS) is 48.3. The van der Waals surface area contributed by atoms with E-state index in [4.69, 9.17) is 42.6 Å². The third-order valence-electron chi connectivity index (χ3n) is 10.1. The third-order valence-corrected chi connectivity index (χ3v) is 10.1. The summed E-state index contributed by atoms with van der Waals surface area (Å²) >= 11 is 0. The molecule has 280 valence electrons. The van der Waals surface area contributed by atoms with E-state index >= 15 is 0 Å². The van der Waals surface area contributed by atoms with Crippen molar-refractivity contribution in [1.29, 1.82) is 0 Å². The Morgan fingerprint density at radius 1 is 0.837 bits per heavy atom. The van der Waals surface area contributed by atoms with Gasteiger partial charge in [0.1, 0.15) is 42.2 Å². The molecule has 17 atom stereocenters. The molecule has 14 nitrogen and oxygen atoms in total. The number of rotatable bonds is 8. The molecule has 3 fully saturated rings. The van der Waals surface area contributed by atoms with Crippen molar-refractivity contribution in [3.63, 3.8) is 0 Å². The number of methoxy groups -OCH3 is 3. The number of epoxide rings is 1. The van der Waals surface area contributed by atoms with Gasteiger partial charge >= 0.3 is 5.97 Å². The van der Waals surface area contributed by atoms with Crippen molar-refractivity contribution >= 4 is 11.8 Å². The highest BCUT2D eigenvalue weighted by molar-refractivity contribution is 5.96. The Balaban J connectivity index is 1.56. The average molecular weight is 701 g/mol. The molecule has 4 aliphatic heterocycles. The van der Waals surface area contributed by atoms with E-state index in [1.807, 2.05) is 20.8 Å². The second kappa shape index (κ2) is 17.1. The van der Waals surface area contributed by atoms with Crippen LogP contribution >= 0.6 is 0 Å². The Labute approximate surface area is 288 Å². The van der Waals surface area contributed by atoms with Crippen LogP contribution in [-0.4, -0.2) is 140 Å². The Kier molecular flexibility index (Phi) is 14.0. The smallest absolute Gasteiger partial charge is 0.330 e. The molecule has 0 aromatic heterocycles. The fraction of sp³-hybridized carbons (Fsp3) is 0.829. The van der Waals surface area contributed by atoms with Crippen LogP contribution in [0.15, 0.2) is 24.3 Å². The van der Waals surface area contributed by atoms with Crippen molar-refractivity contribution in [2.75, 3.05) is 27.9 Å². The second-order valence-electron chi connectivity index (χ2n) is 14.1. The van der Waals surface area contributed by atoms with E-state index in [2.05, 4.69) is 0 Å². The van der Waals surface area contributed by atoms with Crippen LogP contribution in [0.25, 0.3) is 0 Å². The van der Waals surface area contributed by atoms with Gasteiger partial charge in [-0.05, 0) is 52.2 Å². The summed E-state index contributed by atoms with van der Waals surface area (Å²) in [4.78, 5) is 26.5. The molecule has 14 heteroatoms. The molecule has 4 aliphatic rings. The molecule has 0 bridgehead atoms. The Bertz CT molecular complexity index is 1160. The molecule has 4 rings (SSSR count). The zero-order valence-corrected chi connectivity index (χ0v) is 30.0. The van der Waals surface area contributed by atoms with Gasteiger partial charge in [-0.2, -0.15) is 0 Å². The number of carbonyl (C=O) groups excluding carboxylic acids is 2. The van der Waals surface area contributed by atoms with Crippen LogP contribution in [0.2, 0.25) is 0 Å². The van der Waals surface area contributed by atoms with Gasteiger partial charge in [-0.25, -0.2) is 4.79 Å². The molecule has 0 radical (unpaired) electrons. The van der Waals surface area contributed by atoms with Gasteiger partial charge in [0.25, 0.3) is 0 Å². The summed E-state index contributed by atoms with van der Waals surface area (Å²) in [6.07, 6.45) is -2.67. The first-order valence-corrected chi connectivity index (χ1v) is 17.1. The van der Waals surface area contributed by atoms with Crippen LogP contribution < -0.4 is 0 Å². The van der Waals surface area contributed by atoms with Gasteiger partial charge in [-0.15, -0.1) is 0 Å². The number of aliphatic hydroxyl groups excluding tert-OH is 2. The van der Waals surface area contributed by atoms with Crippen LogP contribution in [0, 0.1) is 17.8 Å². The maximum Gasteiger partial charge on any atom is 0.330 e. The molecular formula is C35H56O14. The maximum atomic E-state index is 13.3. The van der Waals surface area contributed by atoms with Gasteiger partial charge in [0.05, 0.1) is 37.1 Å². The van der Waals surface area contributed by atoms with E-state index in [1.54, 1.807) is 26.0 Å². The number of cyclic esters (lactones) is 1. The van der Waals surface area contributed by atoms with E-state index in [1.165, 1.54) is 40.4 Å². The molecule has 4 heterocycles. The molecule has 0 aromatic rings. The lowest BCUT2D eigenvalue weighted by Gasteiger charge is -2.42. The van der Waals surface area contributed by atoms with Gasteiger partial charge in [0.15, 0.2) is 18.4 Å². The lowest BCUT2D eigenvalue weighted by atomic mass is 9.82. The quantitative estimate of drug-likeness (QED) is 0.245. The summed E-state index contributed by atoms with van der Waals surface area (Å²) in [5, 5.41) is 32.8. The summed E-state index contributed by atoms with van der Waals surface area (Å²) in [6.45, 7) is 10.4. The topological polar surface area (TPSA) is 181 Å². The minimum Gasteiger partial charge on any atom is -0.459 e. The molecule has 0 saturated carbocycles. The number of esters is 1. The lowest BCUT2D eigenvalue weighted by molar-refractivity contribution is -0.305. The van der Waals surface area contributed by atoms with Gasteiger partial charge in [0, 0.05) is 45.7 Å². The fourth-order valence-electron chi connectivity index (χ4n) is 7.12. The number of carbonyl (C=O) groups is 2. The monoisotopic (exact) mass is 700 g/mol. The van der Waals surface area contributed by atoms with Crippen LogP contribution in [0.5, 0.6) is 0 Å². The van der Waals surface area contributed by atoms with Gasteiger partial charge in [-0.3, -0.25) is 4.79 Å². The number of hydrogen-bond acceptors (Lipinski definition) is 14. The summed E-state index contributed by atoms with van der Waals surface area (Å²) in [5.41, 5.74) is -1.75. The van der Waals surface area contributed by atoms with E-state index in [0.29, 0.717) is 6.42 Å². The van der Waals surface area contributed by atoms with Crippen molar-refractivity contribution in [3.05, 3.63) is 24.3 Å². The molecule has 3 N–H and O–H groups in total. The molecule has 0 amide bonds. The summed E-state index contributed by atoms with van der Waals surface area (Å²) in [7, 11) is 4.46. The highest BCUT2D eigenvalue weighted by atomic mass is 16.7. The van der Waals surface area contributed by atoms with Crippen molar-refractivity contribution in [2.24, 2.45) is 17.8 Å². The number of ether oxygens (including phenoxy) is 9. The van der Waals surface area contributed by atoms with E-state index < -0.39 is 109 Å². The van der Waals surface area contributed by atoms with Gasteiger partial charge < -0.3 is 58.0 Å². The third kappa shape index (κ3) is 9.74. The van der Waals surface area contributed by atoms with Crippen molar-refractivity contribution in [2.45, 2.75) is 140 Å². The molecule has 0 aliphatic carbocycles. The standard InChI is InChI=1S/C35H56O14/c1-17-10-13-26(37)46-20(4)22(16-44-34-32(43-9)31(42-8)27(38)21(5)47-34)30-23(48-30)11-12-25(36)35(6,40)15-18(2)29(17)49-33-28(39)24(41-7)14-19(3)45-33/h10-13,17-24,27-34,38-40H,14-16H2,1-9H3/b12-11+,13-10+/t17?,18?,19-,20?,21-,22?,23?,24+,27-,28-,29?,30?,31-,32-,33+,34-,35?/m1/s1. The predicted molar refractivity (Wildman–Crippen MR) is 173 cm³/mol. The van der Waals surface area contributed by atoms with E-state index in [0.717, 1.165) is 0 Å². The molecule has 0 spiro atoms. The summed E-state index contributed by atoms with van der Waals surface area (Å²) in [6, 6.07) is 0. The highest BCUT2D eigenvalue weighted by Crippen LogP contribution is 2.37. The minimum atomic E-state index is -1.75. The first-order chi connectivity index (χ1) is 23.1. The zero-order valence-electron chi connectivity index (χ0n) is 30.0. The maximum absolute atomic E-state index is 13.3. The molecular weight excluding hydrogens is 644 g/mol. The molecule has 8 unspecified atom stereocenters. The number of hydrogen-bond donors (Lipinski definition) is 3. The van der Waals surface area contributed by atoms with Crippen molar-refractivity contribution in [1.82, 2.24) is 0 Å². The summed E-state index contributed by atoms with van der Waals surface area (Å²) < 4.78 is 52.6. The summed E-state index contributed by atoms with van der Waals surface area (Å²) in [5.74, 6) is -2.45. The second-order valence-corrected chi connectivity index (χ2v) is 14.1.